The van der Waals surface area contributed by atoms with Gasteiger partial charge in [-0.3, -0.25) is 0 Å². The molecule has 1 unspecified atom stereocenters. The van der Waals surface area contributed by atoms with Crippen LogP contribution in [0.4, 0.5) is 4.79 Å². The molecule has 1 aliphatic carbocycles. The van der Waals surface area contributed by atoms with E-state index in [4.69, 9.17) is 0 Å². The standard InChI is InChI=1S/C12H22N2O5S/c1-3-7-20(18,19)8-6-13-11(17)14-12(2,10(15)16)9-4-5-9/h9H,3-8H2,1-2H3,(H,15,16)(H2,13,14,17). The molecule has 8 heteroatoms. The van der Waals surface area contributed by atoms with E-state index >= 15 is 0 Å². The van der Waals surface area contributed by atoms with Gasteiger partial charge in [-0.15, -0.1) is 0 Å². The minimum atomic E-state index is -3.15. The summed E-state index contributed by atoms with van der Waals surface area (Å²) in [6.45, 7) is 3.22. The second kappa shape index (κ2) is 6.43. The summed E-state index contributed by atoms with van der Waals surface area (Å²) in [6.07, 6.45) is 2.08. The first-order valence-electron chi connectivity index (χ1n) is 6.71. The molecule has 0 spiro atoms. The molecule has 116 valence electrons. The van der Waals surface area contributed by atoms with Gasteiger partial charge in [-0.1, -0.05) is 6.92 Å². The van der Waals surface area contributed by atoms with Crippen LogP contribution in [0.5, 0.6) is 0 Å². The summed E-state index contributed by atoms with van der Waals surface area (Å²) >= 11 is 0. The Kier molecular flexibility index (Phi) is 5.38. The summed E-state index contributed by atoms with van der Waals surface area (Å²) in [7, 11) is -3.15. The van der Waals surface area contributed by atoms with Crippen LogP contribution in [-0.4, -0.2) is 49.1 Å². The third-order valence-corrected chi connectivity index (χ3v) is 5.28. The Balaban J connectivity index is 2.42. The summed E-state index contributed by atoms with van der Waals surface area (Å²) < 4.78 is 22.9. The molecular weight excluding hydrogens is 284 g/mol. The predicted molar refractivity (Wildman–Crippen MR) is 74.2 cm³/mol. The maximum absolute atomic E-state index is 11.7. The lowest BCUT2D eigenvalue weighted by molar-refractivity contribution is -0.144. The van der Waals surface area contributed by atoms with Gasteiger partial charge < -0.3 is 15.7 Å². The molecule has 1 saturated carbocycles. The molecule has 20 heavy (non-hydrogen) atoms. The fourth-order valence-electron chi connectivity index (χ4n) is 2.00. The van der Waals surface area contributed by atoms with Crippen molar-refractivity contribution in [3.05, 3.63) is 0 Å². The molecule has 1 aliphatic rings. The SMILES string of the molecule is CCCS(=O)(=O)CCNC(=O)NC(C)(C(=O)O)C1CC1. The number of carboxylic acid groups (broad SMARTS) is 1. The van der Waals surface area contributed by atoms with Crippen LogP contribution in [0.3, 0.4) is 0 Å². The topological polar surface area (TPSA) is 113 Å². The van der Waals surface area contributed by atoms with Crippen LogP contribution in [0.2, 0.25) is 0 Å². The Morgan fingerprint density at radius 3 is 2.35 bits per heavy atom. The first-order valence-corrected chi connectivity index (χ1v) is 8.53. The van der Waals surface area contributed by atoms with Crippen molar-refractivity contribution < 1.29 is 23.1 Å². The Labute approximate surface area is 119 Å². The number of carbonyl (C=O) groups excluding carboxylic acids is 1. The number of carbonyl (C=O) groups is 2. The molecule has 0 aromatic rings. The molecule has 0 bridgehead atoms. The molecule has 2 amide bonds. The molecule has 0 heterocycles. The molecule has 0 saturated heterocycles. The highest BCUT2D eigenvalue weighted by Crippen LogP contribution is 2.39. The predicted octanol–water partition coefficient (Wildman–Crippen LogP) is 0.364. The lowest BCUT2D eigenvalue weighted by Gasteiger charge is -2.26. The highest BCUT2D eigenvalue weighted by molar-refractivity contribution is 7.91. The second-order valence-electron chi connectivity index (χ2n) is 5.31. The van der Waals surface area contributed by atoms with Crippen molar-refractivity contribution in [1.29, 1.82) is 0 Å². The zero-order chi connectivity index (χ0) is 15.4. The summed E-state index contributed by atoms with van der Waals surface area (Å²) in [5.74, 6) is -1.18. The zero-order valence-corrected chi connectivity index (χ0v) is 12.6. The van der Waals surface area contributed by atoms with Crippen molar-refractivity contribution in [2.45, 2.75) is 38.6 Å². The van der Waals surface area contributed by atoms with E-state index in [1.807, 2.05) is 0 Å². The van der Waals surface area contributed by atoms with Gasteiger partial charge in [0.05, 0.1) is 5.75 Å². The molecule has 0 radical (unpaired) electrons. The largest absolute Gasteiger partial charge is 0.480 e. The Hall–Kier alpha value is -1.31. The van der Waals surface area contributed by atoms with Crippen LogP contribution >= 0.6 is 0 Å². The van der Waals surface area contributed by atoms with Crippen molar-refractivity contribution in [3.8, 4) is 0 Å². The molecule has 0 aliphatic heterocycles. The van der Waals surface area contributed by atoms with Crippen LogP contribution in [0.15, 0.2) is 0 Å². The van der Waals surface area contributed by atoms with Crippen LogP contribution in [0, 0.1) is 5.92 Å². The molecule has 0 aromatic heterocycles. The van der Waals surface area contributed by atoms with Gasteiger partial charge in [0.15, 0.2) is 9.84 Å². The van der Waals surface area contributed by atoms with Gasteiger partial charge in [-0.25, -0.2) is 18.0 Å². The minimum Gasteiger partial charge on any atom is -0.480 e. The van der Waals surface area contributed by atoms with Crippen molar-refractivity contribution in [3.63, 3.8) is 0 Å². The first kappa shape index (κ1) is 16.7. The number of aliphatic carboxylic acids is 1. The smallest absolute Gasteiger partial charge is 0.329 e. The third-order valence-electron chi connectivity index (χ3n) is 3.43. The van der Waals surface area contributed by atoms with Crippen molar-refractivity contribution >= 4 is 21.8 Å². The first-order chi connectivity index (χ1) is 9.21. The Morgan fingerprint density at radius 2 is 1.90 bits per heavy atom. The molecule has 7 nitrogen and oxygen atoms in total. The van der Waals surface area contributed by atoms with E-state index in [1.54, 1.807) is 6.92 Å². The molecule has 3 N–H and O–H groups in total. The number of carboxylic acids is 1. The van der Waals surface area contributed by atoms with E-state index in [2.05, 4.69) is 10.6 Å². The average Bonchev–Trinajstić information content (AvgIpc) is 3.11. The van der Waals surface area contributed by atoms with E-state index in [0.29, 0.717) is 6.42 Å². The number of amides is 2. The number of urea groups is 1. The van der Waals surface area contributed by atoms with Crippen LogP contribution in [-0.2, 0) is 14.6 Å². The van der Waals surface area contributed by atoms with Crippen LogP contribution < -0.4 is 10.6 Å². The van der Waals surface area contributed by atoms with Gasteiger partial charge in [-0.2, -0.15) is 0 Å². The number of hydrogen-bond acceptors (Lipinski definition) is 4. The highest BCUT2D eigenvalue weighted by Gasteiger charge is 2.48. The van der Waals surface area contributed by atoms with E-state index < -0.39 is 27.4 Å². The van der Waals surface area contributed by atoms with Gasteiger partial charge in [0.2, 0.25) is 0 Å². The minimum absolute atomic E-state index is 0.0193. The van der Waals surface area contributed by atoms with Gasteiger partial charge in [0.25, 0.3) is 0 Å². The lowest BCUT2D eigenvalue weighted by atomic mass is 9.96. The van der Waals surface area contributed by atoms with Gasteiger partial charge >= 0.3 is 12.0 Å². The summed E-state index contributed by atoms with van der Waals surface area (Å²) in [5.41, 5.74) is -1.29. The van der Waals surface area contributed by atoms with Gasteiger partial charge in [-0.05, 0) is 32.1 Å². The Morgan fingerprint density at radius 1 is 1.30 bits per heavy atom. The van der Waals surface area contributed by atoms with Gasteiger partial charge in [0.1, 0.15) is 5.54 Å². The number of rotatable bonds is 8. The van der Waals surface area contributed by atoms with Crippen molar-refractivity contribution in [2.75, 3.05) is 18.1 Å². The fourth-order valence-corrected chi connectivity index (χ4v) is 3.24. The number of sulfone groups is 1. The monoisotopic (exact) mass is 306 g/mol. The number of hydrogen-bond donors (Lipinski definition) is 3. The van der Waals surface area contributed by atoms with Crippen LogP contribution in [0.1, 0.15) is 33.1 Å². The summed E-state index contributed by atoms with van der Waals surface area (Å²) in [5, 5.41) is 14.0. The highest BCUT2D eigenvalue weighted by atomic mass is 32.2. The zero-order valence-electron chi connectivity index (χ0n) is 11.8. The maximum atomic E-state index is 11.7. The van der Waals surface area contributed by atoms with Crippen molar-refractivity contribution in [2.24, 2.45) is 5.92 Å². The summed E-state index contributed by atoms with van der Waals surface area (Å²) in [6, 6.07) is -0.645. The van der Waals surface area contributed by atoms with E-state index in [1.165, 1.54) is 6.92 Å². The molecule has 1 atom stereocenters. The normalized spacial score (nSPS) is 18.1. The molecule has 0 aromatic carbocycles. The quantitative estimate of drug-likeness (QED) is 0.599. The maximum Gasteiger partial charge on any atom is 0.329 e. The number of nitrogens with one attached hydrogen (secondary N) is 2. The van der Waals surface area contributed by atoms with Gasteiger partial charge in [0, 0.05) is 12.3 Å². The van der Waals surface area contributed by atoms with E-state index in [-0.39, 0.29) is 24.0 Å². The van der Waals surface area contributed by atoms with E-state index in [0.717, 1.165) is 12.8 Å². The molecule has 1 fully saturated rings. The van der Waals surface area contributed by atoms with Crippen LogP contribution in [0.25, 0.3) is 0 Å². The summed E-state index contributed by atoms with van der Waals surface area (Å²) in [4.78, 5) is 22.9. The van der Waals surface area contributed by atoms with Crippen molar-refractivity contribution in [1.82, 2.24) is 10.6 Å². The molecular formula is C12H22N2O5S. The Bertz CT molecular complexity index is 472. The van der Waals surface area contributed by atoms with E-state index in [9.17, 15) is 23.1 Å². The fraction of sp³-hybridized carbons (Fsp3) is 0.833. The lowest BCUT2D eigenvalue weighted by Crippen LogP contribution is -2.57. The third kappa shape index (κ3) is 4.66. The second-order valence-corrected chi connectivity index (χ2v) is 7.62. The molecule has 1 rings (SSSR count). The average molecular weight is 306 g/mol.